The first-order valence-corrected chi connectivity index (χ1v) is 50.4. The van der Waals surface area contributed by atoms with Crippen LogP contribution in [0.5, 0.6) is 0 Å². The lowest BCUT2D eigenvalue weighted by atomic mass is 9.59. The largest absolute Gasteiger partial charge is 0.271 e. The normalized spacial score (nSPS) is 15.8. The van der Waals surface area contributed by atoms with Crippen LogP contribution < -0.4 is 9.80 Å². The number of amides is 8. The van der Waals surface area contributed by atoms with E-state index in [2.05, 4.69) is 173 Å². The highest BCUT2D eigenvalue weighted by molar-refractivity contribution is 6.50. The molecular weight excluding hydrogens is 1670 g/mol. The van der Waals surface area contributed by atoms with E-state index in [9.17, 15) is 0 Å². The summed E-state index contributed by atoms with van der Waals surface area (Å²) in [4.78, 5) is 130. The number of benzene rings is 20. The van der Waals surface area contributed by atoms with Gasteiger partial charge in [-0.3, -0.25) is 48.2 Å². The number of carbonyl (C=O) groups is 8. The molecule has 2 unspecified atom stereocenters. The Labute approximate surface area is 787 Å². The van der Waals surface area contributed by atoms with Crippen LogP contribution in [-0.2, 0) is 0 Å². The second-order valence-corrected chi connectivity index (χ2v) is 40.0. The summed E-state index contributed by atoms with van der Waals surface area (Å²) in [7, 11) is 0. The number of anilines is 2. The number of nitrogens with zero attached hydrogens (tertiary/aromatic N) is 4. The van der Waals surface area contributed by atoms with Crippen molar-refractivity contribution in [1.82, 2.24) is 9.80 Å². The van der Waals surface area contributed by atoms with E-state index in [-0.39, 0.29) is 41.6 Å². The maximum absolute atomic E-state index is 16.2. The number of hydrogen-bond acceptors (Lipinski definition) is 8. The van der Waals surface area contributed by atoms with Crippen molar-refractivity contribution in [3.8, 4) is 11.1 Å². The summed E-state index contributed by atoms with van der Waals surface area (Å²) in [6, 6.07) is 78.2. The lowest BCUT2D eigenvalue weighted by Gasteiger charge is -2.45. The summed E-state index contributed by atoms with van der Waals surface area (Å²) in [5.41, 5.74) is 13.3. The summed E-state index contributed by atoms with van der Waals surface area (Å²) in [5, 5.41) is 26.5. The molecule has 4 heterocycles. The molecule has 666 valence electrons. The summed E-state index contributed by atoms with van der Waals surface area (Å²) < 4.78 is 0. The van der Waals surface area contributed by atoms with Gasteiger partial charge < -0.3 is 0 Å². The Balaban J connectivity index is 0.515. The molecule has 4 aliphatic heterocycles. The lowest BCUT2D eigenvalue weighted by Crippen LogP contribution is -2.47. The van der Waals surface area contributed by atoms with Gasteiger partial charge in [-0.25, -0.2) is 9.80 Å². The molecule has 0 aromatic heterocycles. The predicted molar refractivity (Wildman–Crippen MR) is 554 cm³/mol. The maximum Gasteiger partial charge on any atom is 0.265 e. The van der Waals surface area contributed by atoms with Gasteiger partial charge in [0, 0.05) is 90.0 Å². The highest BCUT2D eigenvalue weighted by atomic mass is 16.2. The number of imide groups is 4. The van der Waals surface area contributed by atoms with Crippen molar-refractivity contribution >= 4 is 209 Å². The van der Waals surface area contributed by atoms with Gasteiger partial charge in [0.05, 0.1) is 11.4 Å². The Morgan fingerprint density at radius 1 is 0.206 bits per heavy atom. The van der Waals surface area contributed by atoms with Crippen molar-refractivity contribution in [2.24, 2.45) is 0 Å². The molecule has 27 rings (SSSR count). The maximum atomic E-state index is 16.2. The van der Waals surface area contributed by atoms with Crippen molar-refractivity contribution in [3.63, 3.8) is 0 Å². The van der Waals surface area contributed by atoms with Gasteiger partial charge >= 0.3 is 0 Å². The molecule has 0 fully saturated rings. The highest BCUT2D eigenvalue weighted by Gasteiger charge is 2.49. The van der Waals surface area contributed by atoms with Gasteiger partial charge in [-0.15, -0.1) is 0 Å². The second kappa shape index (κ2) is 31.6. The minimum atomic E-state index is -0.418. The summed E-state index contributed by atoms with van der Waals surface area (Å²) in [6.45, 7) is 8.90. The standard InChI is InChI=1S/C124H102N4O8/c1-5-9-13-17-21-29-68(30-22-18-14-10-6-2)125-117(129)92-59-51-82-74-43-45-78-86-55-63-96-113-97(64-56-87(109(86)113)79-46-44-75(103(74)104(78)79)83-52-60-93(118(125)130)111(92)107(82)83)122(134)127(121(96)133)70-41-39-67(40-42-70)71-35-27-36-90-101-72-33-25-26-34-73(72)116(102(71)90)115-91(101)37-28-38-100(115)128-123(135)98-65-57-88-80-49-47-76-84-53-61-94-112-95(120(132)126(119(94)131)69(31-23-19-15-11-7-3)32-24-20-16-12-8-4)62-54-85(108(84)112)77-48-50-81(106(80)105(76)77)89-58-66-99(124(128)136)114(98)110(88)89/h25-28,33-66,68-69,101,116H,5-24,29-32H2,1-4H3. The molecule has 2 bridgehead atoms. The third-order valence-electron chi connectivity index (χ3n) is 32.9. The lowest BCUT2D eigenvalue weighted by molar-refractivity contribution is 0.0501. The molecule has 136 heavy (non-hydrogen) atoms. The zero-order chi connectivity index (χ0) is 91.6. The van der Waals surface area contributed by atoms with Crippen molar-refractivity contribution in [2.75, 3.05) is 9.80 Å². The SMILES string of the molecule is CCCCCCCC(CCCCCCC)N1C(=O)c2ccc3c4ccc5c6ccc7c8c(ccc(c9ccc(c%10ccc(c2c3%10)C1=O)c4c59)c86)C(=O)N(c1ccc(-c2cccc3c2C2c4ccccc4C3c3cccc(N4C(=O)c5ccc6c8ccc9c%10ccc%11c%12c(ccc(c%13ccc(c%14ccc(c5c6%14)C4=O)c8c9%13)c%12%10)C(=O)N(C(CCCCCCC)CCCCCCC)C%11=O)c32)cc1)C7=O. The minimum Gasteiger partial charge on any atom is -0.271 e. The molecule has 12 nitrogen and oxygen atoms in total. The van der Waals surface area contributed by atoms with Crippen LogP contribution >= 0.6 is 0 Å². The molecule has 3 aliphatic carbocycles. The van der Waals surface area contributed by atoms with Crippen molar-refractivity contribution in [1.29, 1.82) is 0 Å². The van der Waals surface area contributed by atoms with Crippen LogP contribution in [0.15, 0.2) is 231 Å². The Morgan fingerprint density at radius 3 is 0.765 bits per heavy atom. The van der Waals surface area contributed by atoms with Crippen molar-refractivity contribution in [2.45, 2.75) is 206 Å². The number of carbonyl (C=O) groups excluding carboxylic acids is 8. The van der Waals surface area contributed by atoms with Gasteiger partial charge in [0.25, 0.3) is 47.3 Å². The summed E-state index contributed by atoms with van der Waals surface area (Å²) >= 11 is 0. The number of fused-ring (bicyclic) bond motifs is 8. The first kappa shape index (κ1) is 82.3. The smallest absolute Gasteiger partial charge is 0.265 e. The number of unbranched alkanes of at least 4 members (excludes halogenated alkanes) is 16. The molecule has 8 amide bonds. The highest BCUT2D eigenvalue weighted by Crippen LogP contribution is 2.62. The molecule has 12 heteroatoms. The molecular formula is C124H102N4O8. The topological polar surface area (TPSA) is 150 Å². The van der Waals surface area contributed by atoms with Gasteiger partial charge in [-0.1, -0.05) is 320 Å². The number of hydrogen-bond donors (Lipinski definition) is 0. The van der Waals surface area contributed by atoms with E-state index in [0.29, 0.717) is 66.7 Å². The Kier molecular flexibility index (Phi) is 19.1. The van der Waals surface area contributed by atoms with Crippen LogP contribution in [0.1, 0.15) is 310 Å². The van der Waals surface area contributed by atoms with Crippen LogP contribution in [0, 0.1) is 0 Å². The summed E-state index contributed by atoms with van der Waals surface area (Å²) in [5.74, 6) is -3.04. The fourth-order valence-corrected chi connectivity index (χ4v) is 26.7. The predicted octanol–water partition coefficient (Wildman–Crippen LogP) is 31.2. The quantitative estimate of drug-likeness (QED) is 0.0195. The molecule has 7 aliphatic rings. The first-order valence-electron chi connectivity index (χ1n) is 50.4. The van der Waals surface area contributed by atoms with E-state index in [4.69, 9.17) is 0 Å². The van der Waals surface area contributed by atoms with Crippen LogP contribution in [0.25, 0.3) is 162 Å². The van der Waals surface area contributed by atoms with Crippen LogP contribution in [0.4, 0.5) is 11.4 Å². The molecule has 0 radical (unpaired) electrons. The van der Waals surface area contributed by atoms with Gasteiger partial charge in [0.2, 0.25) is 0 Å². The van der Waals surface area contributed by atoms with Crippen LogP contribution in [0.3, 0.4) is 0 Å². The van der Waals surface area contributed by atoms with Crippen molar-refractivity contribution in [3.05, 3.63) is 308 Å². The third-order valence-corrected chi connectivity index (χ3v) is 32.9. The fraction of sp³-hybridized carbons (Fsp3) is 0.258. The Morgan fingerprint density at radius 2 is 0.456 bits per heavy atom. The van der Waals surface area contributed by atoms with E-state index < -0.39 is 29.5 Å². The van der Waals surface area contributed by atoms with Crippen LogP contribution in [0.2, 0.25) is 0 Å². The first-order chi connectivity index (χ1) is 66.8. The van der Waals surface area contributed by atoms with E-state index in [1.807, 2.05) is 84.9 Å². The second-order valence-electron chi connectivity index (χ2n) is 40.0. The third kappa shape index (κ3) is 11.5. The van der Waals surface area contributed by atoms with Gasteiger partial charge in [0.15, 0.2) is 0 Å². The summed E-state index contributed by atoms with van der Waals surface area (Å²) in [6.07, 6.45) is 25.6. The molecule has 0 saturated heterocycles. The molecule has 20 aromatic carbocycles. The van der Waals surface area contributed by atoms with Gasteiger partial charge in [-0.2, -0.15) is 0 Å². The monoisotopic (exact) mass is 1770 g/mol. The van der Waals surface area contributed by atoms with Crippen molar-refractivity contribution < 1.29 is 38.4 Å². The van der Waals surface area contributed by atoms with Gasteiger partial charge in [0.1, 0.15) is 0 Å². The molecule has 0 N–H and O–H groups in total. The fourth-order valence-electron chi connectivity index (χ4n) is 26.7. The Hall–Kier alpha value is -14.4. The molecule has 0 spiro atoms. The van der Waals surface area contributed by atoms with E-state index in [0.717, 1.165) is 307 Å². The van der Waals surface area contributed by atoms with E-state index in [1.54, 1.807) is 9.80 Å². The molecule has 0 saturated carbocycles. The average Bonchev–Trinajstić information content (AvgIpc) is 0.683. The zero-order valence-electron chi connectivity index (χ0n) is 77.3. The minimum absolute atomic E-state index is 0.158. The zero-order valence-corrected chi connectivity index (χ0v) is 77.3. The molecule has 2 atom stereocenters. The van der Waals surface area contributed by atoms with Crippen LogP contribution in [-0.4, -0.2) is 69.1 Å². The van der Waals surface area contributed by atoms with E-state index >= 15 is 38.4 Å². The van der Waals surface area contributed by atoms with E-state index in [1.165, 1.54) is 41.0 Å². The van der Waals surface area contributed by atoms with Gasteiger partial charge in [-0.05, 0) is 266 Å². The number of rotatable bonds is 29. The Bertz CT molecular complexity index is 8310. The molecule has 20 aromatic rings. The average molecular weight is 1780 g/mol.